The van der Waals surface area contributed by atoms with Crippen molar-refractivity contribution in [2.45, 2.75) is 33.1 Å². The lowest BCUT2D eigenvalue weighted by Crippen LogP contribution is -2.31. The highest BCUT2D eigenvalue weighted by molar-refractivity contribution is 6.21. The summed E-state index contributed by atoms with van der Waals surface area (Å²) in [5.41, 5.74) is 3.54. The predicted molar refractivity (Wildman–Crippen MR) is 107 cm³/mol. The fourth-order valence-corrected chi connectivity index (χ4v) is 3.20. The van der Waals surface area contributed by atoms with E-state index in [0.717, 1.165) is 11.1 Å². The molecule has 150 valence electrons. The van der Waals surface area contributed by atoms with Crippen molar-refractivity contribution in [1.29, 1.82) is 0 Å². The van der Waals surface area contributed by atoms with E-state index in [4.69, 9.17) is 4.74 Å². The first-order valence-electron chi connectivity index (χ1n) is 9.60. The minimum absolute atomic E-state index is 0.00122. The summed E-state index contributed by atoms with van der Waals surface area (Å²) in [5.74, 6) is -1.22. The lowest BCUT2D eigenvalue weighted by atomic mass is 10.0. The highest BCUT2D eigenvalue weighted by atomic mass is 16.5. The zero-order chi connectivity index (χ0) is 21.0. The van der Waals surface area contributed by atoms with Gasteiger partial charge in [0.25, 0.3) is 11.8 Å². The van der Waals surface area contributed by atoms with Gasteiger partial charge in [0.15, 0.2) is 5.78 Å². The third-order valence-corrected chi connectivity index (χ3v) is 5.05. The van der Waals surface area contributed by atoms with E-state index in [1.54, 1.807) is 30.3 Å². The van der Waals surface area contributed by atoms with Gasteiger partial charge in [0.1, 0.15) is 0 Å². The van der Waals surface area contributed by atoms with Crippen LogP contribution < -0.4 is 0 Å². The van der Waals surface area contributed by atoms with E-state index in [9.17, 15) is 19.2 Å². The van der Waals surface area contributed by atoms with Crippen LogP contribution in [0.4, 0.5) is 0 Å². The highest BCUT2D eigenvalue weighted by Gasteiger charge is 2.34. The highest BCUT2D eigenvalue weighted by Crippen LogP contribution is 2.22. The van der Waals surface area contributed by atoms with Gasteiger partial charge in [-0.1, -0.05) is 24.3 Å². The van der Waals surface area contributed by atoms with Crippen molar-refractivity contribution in [2.24, 2.45) is 0 Å². The number of carbonyl (C=O) groups is 4. The Morgan fingerprint density at radius 3 is 2.17 bits per heavy atom. The first kappa shape index (κ1) is 20.5. The van der Waals surface area contributed by atoms with Crippen LogP contribution in [0.5, 0.6) is 0 Å². The number of fused-ring (bicyclic) bond motifs is 1. The molecule has 0 spiro atoms. The average Bonchev–Trinajstić information content (AvgIpc) is 2.96. The van der Waals surface area contributed by atoms with Gasteiger partial charge in [0, 0.05) is 18.5 Å². The molecule has 29 heavy (non-hydrogen) atoms. The zero-order valence-electron chi connectivity index (χ0n) is 16.6. The molecule has 0 N–H and O–H groups in total. The molecule has 1 aliphatic heterocycles. The van der Waals surface area contributed by atoms with Crippen molar-refractivity contribution in [3.05, 3.63) is 70.3 Å². The fraction of sp³-hybridized carbons (Fsp3) is 0.304. The Morgan fingerprint density at radius 1 is 0.897 bits per heavy atom. The van der Waals surface area contributed by atoms with Gasteiger partial charge in [0.2, 0.25) is 0 Å². The van der Waals surface area contributed by atoms with Gasteiger partial charge in [-0.2, -0.15) is 0 Å². The first-order chi connectivity index (χ1) is 13.9. The SMILES string of the molecule is Cc1ccc(C(=O)CCC(=O)OCCCN2C(=O)c3ccccc3C2=O)cc1C. The van der Waals surface area contributed by atoms with Crippen LogP contribution in [0.2, 0.25) is 0 Å². The summed E-state index contributed by atoms with van der Waals surface area (Å²) >= 11 is 0. The topological polar surface area (TPSA) is 80.8 Å². The summed E-state index contributed by atoms with van der Waals surface area (Å²) < 4.78 is 5.14. The normalized spacial score (nSPS) is 12.8. The molecular formula is C23H23NO5. The van der Waals surface area contributed by atoms with Crippen molar-refractivity contribution in [2.75, 3.05) is 13.2 Å². The Morgan fingerprint density at radius 2 is 1.55 bits per heavy atom. The number of hydrogen-bond donors (Lipinski definition) is 0. The van der Waals surface area contributed by atoms with Crippen LogP contribution in [-0.4, -0.2) is 41.6 Å². The Labute approximate surface area is 169 Å². The molecule has 0 saturated heterocycles. The van der Waals surface area contributed by atoms with E-state index in [1.165, 1.54) is 4.90 Å². The maximum atomic E-state index is 12.3. The van der Waals surface area contributed by atoms with Crippen LogP contribution in [0.1, 0.15) is 61.5 Å². The van der Waals surface area contributed by atoms with Crippen LogP contribution in [-0.2, 0) is 9.53 Å². The smallest absolute Gasteiger partial charge is 0.306 e. The number of benzene rings is 2. The number of amides is 2. The molecule has 0 atom stereocenters. The number of rotatable bonds is 8. The van der Waals surface area contributed by atoms with Crippen LogP contribution in [0.25, 0.3) is 0 Å². The van der Waals surface area contributed by atoms with Crippen LogP contribution in [0.15, 0.2) is 42.5 Å². The number of carbonyl (C=O) groups excluding carboxylic acids is 4. The second kappa shape index (κ2) is 8.82. The number of nitrogens with zero attached hydrogens (tertiary/aromatic N) is 1. The molecule has 2 amide bonds. The van der Waals surface area contributed by atoms with Crippen LogP contribution >= 0.6 is 0 Å². The molecule has 6 heteroatoms. The summed E-state index contributed by atoms with van der Waals surface area (Å²) in [5, 5.41) is 0. The standard InChI is InChI=1S/C23H23NO5/c1-15-8-9-17(14-16(15)2)20(25)10-11-21(26)29-13-5-12-24-22(27)18-6-3-4-7-19(18)23(24)28/h3-4,6-9,14H,5,10-13H2,1-2H3. The minimum atomic E-state index is -0.468. The summed E-state index contributed by atoms with van der Waals surface area (Å²) in [6, 6.07) is 12.2. The molecule has 3 rings (SSSR count). The molecule has 2 aromatic rings. The number of aryl methyl sites for hydroxylation is 2. The molecule has 0 bridgehead atoms. The monoisotopic (exact) mass is 393 g/mol. The molecule has 2 aromatic carbocycles. The van der Waals surface area contributed by atoms with E-state index < -0.39 is 5.97 Å². The number of ether oxygens (including phenoxy) is 1. The molecule has 1 heterocycles. The zero-order valence-corrected chi connectivity index (χ0v) is 16.6. The predicted octanol–water partition coefficient (Wildman–Crippen LogP) is 3.50. The molecule has 1 aliphatic rings. The third kappa shape index (κ3) is 4.59. The van der Waals surface area contributed by atoms with Gasteiger partial charge >= 0.3 is 5.97 Å². The first-order valence-corrected chi connectivity index (χ1v) is 9.60. The van der Waals surface area contributed by atoms with E-state index >= 15 is 0 Å². The number of hydrogen-bond acceptors (Lipinski definition) is 5. The van der Waals surface area contributed by atoms with E-state index in [2.05, 4.69) is 0 Å². The van der Waals surface area contributed by atoms with Gasteiger partial charge in [-0.05, 0) is 49.6 Å². The molecule has 6 nitrogen and oxygen atoms in total. The van der Waals surface area contributed by atoms with Crippen molar-refractivity contribution < 1.29 is 23.9 Å². The molecule has 0 unspecified atom stereocenters. The van der Waals surface area contributed by atoms with Crippen molar-refractivity contribution in [3.8, 4) is 0 Å². The van der Waals surface area contributed by atoms with Crippen molar-refractivity contribution in [1.82, 2.24) is 4.90 Å². The molecule has 0 saturated carbocycles. The summed E-state index contributed by atoms with van der Waals surface area (Å²) in [7, 11) is 0. The third-order valence-electron chi connectivity index (χ3n) is 5.05. The van der Waals surface area contributed by atoms with Gasteiger partial charge in [-0.3, -0.25) is 24.1 Å². The summed E-state index contributed by atoms with van der Waals surface area (Å²) in [4.78, 5) is 49.8. The largest absolute Gasteiger partial charge is 0.466 e. The van der Waals surface area contributed by atoms with Gasteiger partial charge < -0.3 is 4.74 Å². The van der Waals surface area contributed by atoms with Gasteiger partial charge in [0.05, 0.1) is 24.2 Å². The van der Waals surface area contributed by atoms with Crippen LogP contribution in [0, 0.1) is 13.8 Å². The summed E-state index contributed by atoms with van der Waals surface area (Å²) in [6.07, 6.45) is 0.431. The lowest BCUT2D eigenvalue weighted by Gasteiger charge is -2.13. The number of esters is 1. The Kier molecular flexibility index (Phi) is 6.22. The van der Waals surface area contributed by atoms with Crippen molar-refractivity contribution >= 4 is 23.6 Å². The Balaban J connectivity index is 1.39. The number of Topliss-reactive ketones (excluding diaryl/α,β-unsaturated/α-hetero) is 1. The maximum Gasteiger partial charge on any atom is 0.306 e. The molecule has 0 aromatic heterocycles. The average molecular weight is 393 g/mol. The molecule has 0 radical (unpaired) electrons. The van der Waals surface area contributed by atoms with Crippen molar-refractivity contribution in [3.63, 3.8) is 0 Å². The fourth-order valence-electron chi connectivity index (χ4n) is 3.20. The Bertz CT molecular complexity index is 944. The van der Waals surface area contributed by atoms with E-state index in [-0.39, 0.29) is 43.6 Å². The second-order valence-electron chi connectivity index (χ2n) is 7.10. The maximum absolute atomic E-state index is 12.3. The molecule has 0 aliphatic carbocycles. The van der Waals surface area contributed by atoms with Crippen LogP contribution in [0.3, 0.4) is 0 Å². The van der Waals surface area contributed by atoms with E-state index in [0.29, 0.717) is 23.1 Å². The van der Waals surface area contributed by atoms with E-state index in [1.807, 2.05) is 26.0 Å². The minimum Gasteiger partial charge on any atom is -0.466 e. The number of imide groups is 1. The number of ketones is 1. The second-order valence-corrected chi connectivity index (χ2v) is 7.10. The molecule has 0 fully saturated rings. The lowest BCUT2D eigenvalue weighted by molar-refractivity contribution is -0.143. The van der Waals surface area contributed by atoms with Gasteiger partial charge in [-0.25, -0.2) is 0 Å². The quantitative estimate of drug-likeness (QED) is 0.297. The Hall–Kier alpha value is -3.28. The summed E-state index contributed by atoms with van der Waals surface area (Å²) in [6.45, 7) is 4.18. The van der Waals surface area contributed by atoms with Gasteiger partial charge in [-0.15, -0.1) is 0 Å². The molecular weight excluding hydrogens is 370 g/mol.